The van der Waals surface area contributed by atoms with Crippen LogP contribution < -0.4 is 4.90 Å². The van der Waals surface area contributed by atoms with E-state index in [0.717, 1.165) is 33.6 Å². The Hall–Kier alpha value is -3.04. The number of imide groups is 2. The highest BCUT2D eigenvalue weighted by Crippen LogP contribution is 2.35. The van der Waals surface area contributed by atoms with Crippen LogP contribution in [0.2, 0.25) is 0 Å². The number of carbonyl (C=O) groups is 3. The molecule has 9 heteroatoms. The van der Waals surface area contributed by atoms with Crippen molar-refractivity contribution in [3.8, 4) is 11.3 Å². The van der Waals surface area contributed by atoms with E-state index >= 15 is 0 Å². The molecule has 2 aliphatic heterocycles. The van der Waals surface area contributed by atoms with Gasteiger partial charge in [0.05, 0.1) is 23.8 Å². The number of nitrogens with zero attached hydrogens (tertiary/aromatic N) is 4. The summed E-state index contributed by atoms with van der Waals surface area (Å²) in [5, 5.41) is 0.812. The van der Waals surface area contributed by atoms with Gasteiger partial charge >= 0.3 is 6.03 Å². The molecule has 4 rings (SSSR count). The first-order valence-electron chi connectivity index (χ1n) is 9.18. The monoisotopic (exact) mass is 412 g/mol. The number of anilines is 1. The summed E-state index contributed by atoms with van der Waals surface area (Å²) in [6, 6.07) is 8.98. The lowest BCUT2D eigenvalue weighted by atomic mass is 10.1. The van der Waals surface area contributed by atoms with E-state index in [-0.39, 0.29) is 5.57 Å². The van der Waals surface area contributed by atoms with Gasteiger partial charge in [0, 0.05) is 32.7 Å². The predicted molar refractivity (Wildman–Crippen MR) is 109 cm³/mol. The Morgan fingerprint density at radius 1 is 1.00 bits per heavy atom. The lowest BCUT2D eigenvalue weighted by Gasteiger charge is -2.28. The van der Waals surface area contributed by atoms with Gasteiger partial charge in [-0.15, -0.1) is 0 Å². The molecule has 2 fully saturated rings. The van der Waals surface area contributed by atoms with Crippen molar-refractivity contribution in [3.05, 3.63) is 40.8 Å². The summed E-state index contributed by atoms with van der Waals surface area (Å²) in [4.78, 5) is 46.7. The smallest absolute Gasteiger partial charge is 0.333 e. The first kappa shape index (κ1) is 19.3. The second-order valence-electron chi connectivity index (χ2n) is 6.74. The molecule has 8 nitrogen and oxygen atoms in total. The first-order chi connectivity index (χ1) is 14.0. The van der Waals surface area contributed by atoms with Crippen molar-refractivity contribution >= 4 is 40.4 Å². The van der Waals surface area contributed by atoms with Crippen molar-refractivity contribution in [2.45, 2.75) is 0 Å². The third-order valence-electron chi connectivity index (χ3n) is 4.89. The Balaban J connectivity index is 1.80. The number of barbiturate groups is 1. The molecule has 0 radical (unpaired) electrons. The Morgan fingerprint density at radius 2 is 1.62 bits per heavy atom. The number of urea groups is 1. The quantitative estimate of drug-likeness (QED) is 0.567. The van der Waals surface area contributed by atoms with Gasteiger partial charge in [0.25, 0.3) is 11.8 Å². The number of rotatable bonds is 3. The van der Waals surface area contributed by atoms with E-state index < -0.39 is 17.8 Å². The van der Waals surface area contributed by atoms with Crippen molar-refractivity contribution in [2.24, 2.45) is 0 Å². The van der Waals surface area contributed by atoms with Gasteiger partial charge in [-0.2, -0.15) is 0 Å². The zero-order valence-corrected chi connectivity index (χ0v) is 16.9. The number of morpholine rings is 1. The van der Waals surface area contributed by atoms with Gasteiger partial charge in [-0.05, 0) is 6.08 Å². The van der Waals surface area contributed by atoms with Crippen LogP contribution in [-0.2, 0) is 14.3 Å². The van der Waals surface area contributed by atoms with Gasteiger partial charge in [-0.3, -0.25) is 19.4 Å². The molecular weight excluding hydrogens is 392 g/mol. The normalized spacial score (nSPS) is 17.9. The minimum atomic E-state index is -0.640. The third kappa shape index (κ3) is 3.54. The van der Waals surface area contributed by atoms with Crippen molar-refractivity contribution in [1.29, 1.82) is 0 Å². The number of likely N-dealkylation sites (N-methyl/N-ethyl adjacent to an activating group) is 2. The number of aromatic nitrogens is 1. The molecule has 2 saturated heterocycles. The molecule has 2 aliphatic rings. The van der Waals surface area contributed by atoms with E-state index in [4.69, 9.17) is 9.72 Å². The van der Waals surface area contributed by atoms with Crippen LogP contribution in [0.5, 0.6) is 0 Å². The Morgan fingerprint density at radius 3 is 2.24 bits per heavy atom. The average Bonchev–Trinajstić information content (AvgIpc) is 3.19. The van der Waals surface area contributed by atoms with Crippen molar-refractivity contribution in [1.82, 2.24) is 14.8 Å². The fraction of sp³-hybridized carbons (Fsp3) is 0.300. The second kappa shape index (κ2) is 7.76. The molecule has 150 valence electrons. The fourth-order valence-electron chi connectivity index (χ4n) is 3.22. The zero-order chi connectivity index (χ0) is 20.5. The Labute approximate surface area is 172 Å². The molecule has 0 aliphatic carbocycles. The van der Waals surface area contributed by atoms with Crippen molar-refractivity contribution in [3.63, 3.8) is 0 Å². The van der Waals surface area contributed by atoms with Gasteiger partial charge in [-0.1, -0.05) is 41.7 Å². The van der Waals surface area contributed by atoms with E-state index in [0.29, 0.717) is 23.8 Å². The minimum absolute atomic E-state index is 0.0519. The number of carbonyl (C=O) groups excluding carboxylic acids is 3. The van der Waals surface area contributed by atoms with Gasteiger partial charge in [0.15, 0.2) is 5.13 Å². The summed E-state index contributed by atoms with van der Waals surface area (Å²) in [6.07, 6.45) is 1.55. The Kier molecular flexibility index (Phi) is 5.16. The molecule has 2 aromatic rings. The number of thiazole rings is 1. The van der Waals surface area contributed by atoms with E-state index in [1.807, 2.05) is 30.3 Å². The van der Waals surface area contributed by atoms with E-state index in [1.54, 1.807) is 6.08 Å². The maximum Gasteiger partial charge on any atom is 0.333 e. The molecular formula is C20H20N4O4S. The van der Waals surface area contributed by atoms with Gasteiger partial charge in [0.1, 0.15) is 5.57 Å². The van der Waals surface area contributed by atoms with Gasteiger partial charge in [0.2, 0.25) is 0 Å². The zero-order valence-electron chi connectivity index (χ0n) is 16.1. The molecule has 0 bridgehead atoms. The standard InChI is InChI=1S/C20H20N4O4S/c1-22-17(25)14(18(26)23(2)20(22)27)12-15-16(13-6-4-3-5-7-13)21-19(29-15)24-8-10-28-11-9-24/h3-7,12H,8-11H2,1-2H3. The maximum atomic E-state index is 12.6. The van der Waals surface area contributed by atoms with Crippen LogP contribution >= 0.6 is 11.3 Å². The second-order valence-corrected chi connectivity index (χ2v) is 7.75. The first-order valence-corrected chi connectivity index (χ1v) is 9.99. The lowest BCUT2D eigenvalue weighted by Crippen LogP contribution is -2.52. The maximum absolute atomic E-state index is 12.6. The predicted octanol–water partition coefficient (Wildman–Crippen LogP) is 2.08. The largest absolute Gasteiger partial charge is 0.378 e. The summed E-state index contributed by atoms with van der Waals surface area (Å²) >= 11 is 1.42. The topological polar surface area (TPSA) is 83.1 Å². The number of benzene rings is 1. The van der Waals surface area contributed by atoms with Gasteiger partial charge in [-0.25, -0.2) is 9.78 Å². The Bertz CT molecular complexity index is 969. The van der Waals surface area contributed by atoms with E-state index in [9.17, 15) is 14.4 Å². The van der Waals surface area contributed by atoms with Crippen LogP contribution in [0.1, 0.15) is 4.88 Å². The molecule has 4 amide bonds. The molecule has 1 aromatic carbocycles. The SMILES string of the molecule is CN1C(=O)C(=Cc2sc(N3CCOCC3)nc2-c2ccccc2)C(=O)N(C)C1=O. The summed E-state index contributed by atoms with van der Waals surface area (Å²) < 4.78 is 5.42. The van der Waals surface area contributed by atoms with E-state index in [1.165, 1.54) is 25.4 Å². The van der Waals surface area contributed by atoms with E-state index in [2.05, 4.69) is 4.90 Å². The summed E-state index contributed by atoms with van der Waals surface area (Å²) in [5.41, 5.74) is 1.54. The van der Waals surface area contributed by atoms with Crippen LogP contribution in [0.25, 0.3) is 17.3 Å². The number of hydrogen-bond donors (Lipinski definition) is 0. The highest BCUT2D eigenvalue weighted by atomic mass is 32.1. The summed E-state index contributed by atoms with van der Waals surface area (Å²) in [6.45, 7) is 2.72. The summed E-state index contributed by atoms with van der Waals surface area (Å²) in [5.74, 6) is -1.23. The van der Waals surface area contributed by atoms with Crippen molar-refractivity contribution < 1.29 is 19.1 Å². The van der Waals surface area contributed by atoms with Crippen LogP contribution in [0.15, 0.2) is 35.9 Å². The molecule has 1 aromatic heterocycles. The number of amides is 4. The molecule has 3 heterocycles. The highest BCUT2D eigenvalue weighted by molar-refractivity contribution is 7.17. The fourth-order valence-corrected chi connectivity index (χ4v) is 4.30. The van der Waals surface area contributed by atoms with Crippen LogP contribution in [-0.4, -0.2) is 73.0 Å². The highest BCUT2D eigenvalue weighted by Gasteiger charge is 2.38. The molecule has 0 N–H and O–H groups in total. The van der Waals surface area contributed by atoms with Crippen LogP contribution in [0.3, 0.4) is 0 Å². The molecule has 0 spiro atoms. The summed E-state index contributed by atoms with van der Waals surface area (Å²) in [7, 11) is 2.73. The van der Waals surface area contributed by atoms with Crippen LogP contribution in [0, 0.1) is 0 Å². The molecule has 0 unspecified atom stereocenters. The number of ether oxygens (including phenoxy) is 1. The lowest BCUT2D eigenvalue weighted by molar-refractivity contribution is -0.134. The van der Waals surface area contributed by atoms with Crippen LogP contribution in [0.4, 0.5) is 9.93 Å². The van der Waals surface area contributed by atoms with Gasteiger partial charge < -0.3 is 9.64 Å². The average molecular weight is 412 g/mol. The minimum Gasteiger partial charge on any atom is -0.378 e. The molecule has 29 heavy (non-hydrogen) atoms. The molecule has 0 saturated carbocycles. The van der Waals surface area contributed by atoms with Crippen molar-refractivity contribution in [2.75, 3.05) is 45.3 Å². The molecule has 0 atom stereocenters. The number of hydrogen-bond acceptors (Lipinski definition) is 7. The third-order valence-corrected chi connectivity index (χ3v) is 5.95.